The van der Waals surface area contributed by atoms with Crippen molar-refractivity contribution in [3.8, 4) is 17.2 Å². The number of ketones is 1. The van der Waals surface area contributed by atoms with Crippen molar-refractivity contribution in [2.75, 3.05) is 13.1 Å². The van der Waals surface area contributed by atoms with Crippen molar-refractivity contribution in [1.82, 2.24) is 10.2 Å². The number of ether oxygens (including phenoxy) is 1. The molecule has 1 aliphatic carbocycles. The number of Topliss-reactive ketones (excluding diaryl/α,β-unsaturated/α-hetero) is 1. The predicted octanol–water partition coefficient (Wildman–Crippen LogP) is 4.28. The van der Waals surface area contributed by atoms with E-state index >= 15 is 0 Å². The molecule has 37 heavy (non-hydrogen) atoms. The number of aromatic hydroxyl groups is 1. The minimum atomic E-state index is -0.303. The summed E-state index contributed by atoms with van der Waals surface area (Å²) in [7, 11) is 0. The van der Waals surface area contributed by atoms with E-state index in [4.69, 9.17) is 9.15 Å². The zero-order chi connectivity index (χ0) is 25.7. The Balaban J connectivity index is 1.34. The standard InChI is InChI=1S/C29H28N2O6/c1-16-27(28-23(33)6-3-7-24(28)36-16)29(35)31-14-20-18-4-2-5-19(13-18)37-25-12-17(8-10-22(25)32)9-11-26(34)30-21(20)15-31/h2,4-5,8,10,12-13,20-21,32H,3,6-7,9,11,14-15H2,1H3,(H,30,34)/t20-,21+/m0/s1. The molecular formula is C29H28N2O6. The second-order valence-corrected chi connectivity index (χ2v) is 10.1. The number of amides is 2. The highest BCUT2D eigenvalue weighted by Crippen LogP contribution is 2.37. The zero-order valence-corrected chi connectivity index (χ0v) is 20.6. The molecule has 2 amide bonds. The lowest BCUT2D eigenvalue weighted by atomic mass is 9.93. The Labute approximate surface area is 214 Å². The predicted molar refractivity (Wildman–Crippen MR) is 134 cm³/mol. The number of phenols is 1. The molecule has 1 fully saturated rings. The summed E-state index contributed by atoms with van der Waals surface area (Å²) in [6.07, 6.45) is 2.55. The van der Waals surface area contributed by atoms with Gasteiger partial charge in [-0.15, -0.1) is 0 Å². The van der Waals surface area contributed by atoms with Crippen molar-refractivity contribution < 1.29 is 28.6 Å². The van der Waals surface area contributed by atoms with E-state index in [1.54, 1.807) is 30.0 Å². The number of fused-ring (bicyclic) bond motifs is 7. The van der Waals surface area contributed by atoms with Crippen LogP contribution in [-0.2, 0) is 17.6 Å². The number of nitrogens with zero attached hydrogens (tertiary/aromatic N) is 1. The smallest absolute Gasteiger partial charge is 0.258 e. The summed E-state index contributed by atoms with van der Waals surface area (Å²) in [6, 6.07) is 12.3. The van der Waals surface area contributed by atoms with Crippen molar-refractivity contribution in [3.63, 3.8) is 0 Å². The van der Waals surface area contributed by atoms with E-state index < -0.39 is 0 Å². The third-order valence-corrected chi connectivity index (χ3v) is 7.59. The number of rotatable bonds is 1. The molecule has 2 N–H and O–H groups in total. The van der Waals surface area contributed by atoms with E-state index in [9.17, 15) is 19.5 Å². The van der Waals surface area contributed by atoms with Crippen LogP contribution in [0.15, 0.2) is 46.9 Å². The molecule has 4 bridgehead atoms. The average Bonchev–Trinajstić information content (AvgIpc) is 3.45. The van der Waals surface area contributed by atoms with E-state index in [0.717, 1.165) is 17.5 Å². The van der Waals surface area contributed by atoms with Crippen molar-refractivity contribution >= 4 is 17.6 Å². The highest BCUT2D eigenvalue weighted by molar-refractivity contribution is 6.10. The summed E-state index contributed by atoms with van der Waals surface area (Å²) in [5, 5.41) is 13.4. The molecule has 0 unspecified atom stereocenters. The van der Waals surface area contributed by atoms with Crippen LogP contribution in [0.1, 0.15) is 68.5 Å². The van der Waals surface area contributed by atoms with Crippen molar-refractivity contribution in [2.45, 2.75) is 51.0 Å². The van der Waals surface area contributed by atoms with Gasteiger partial charge in [0.15, 0.2) is 17.3 Å². The zero-order valence-electron chi connectivity index (χ0n) is 20.6. The number of hydrogen-bond acceptors (Lipinski definition) is 6. The number of nitrogens with one attached hydrogen (secondary N) is 1. The Kier molecular flexibility index (Phi) is 5.74. The summed E-state index contributed by atoms with van der Waals surface area (Å²) in [4.78, 5) is 41.1. The van der Waals surface area contributed by atoms with E-state index in [1.165, 1.54) is 0 Å². The number of likely N-dealkylation sites (tertiary alicyclic amines) is 1. The van der Waals surface area contributed by atoms with Crippen LogP contribution in [-0.4, -0.2) is 46.7 Å². The summed E-state index contributed by atoms with van der Waals surface area (Å²) in [5.74, 6) is 1.41. The lowest BCUT2D eigenvalue weighted by Gasteiger charge is -2.20. The van der Waals surface area contributed by atoms with Gasteiger partial charge in [-0.25, -0.2) is 0 Å². The van der Waals surface area contributed by atoms with Crippen molar-refractivity contribution in [3.05, 3.63) is 76.2 Å². The van der Waals surface area contributed by atoms with Gasteiger partial charge in [0.2, 0.25) is 5.91 Å². The molecule has 8 nitrogen and oxygen atoms in total. The van der Waals surface area contributed by atoms with E-state index in [1.807, 2.05) is 24.3 Å². The van der Waals surface area contributed by atoms with Gasteiger partial charge in [-0.3, -0.25) is 14.4 Å². The number of aryl methyl sites for hydroxylation is 3. The summed E-state index contributed by atoms with van der Waals surface area (Å²) in [6.45, 7) is 2.43. The first-order chi connectivity index (χ1) is 17.9. The fourth-order valence-corrected chi connectivity index (χ4v) is 5.75. The third kappa shape index (κ3) is 4.26. The Morgan fingerprint density at radius 1 is 1.05 bits per heavy atom. The van der Waals surface area contributed by atoms with Crippen LogP contribution in [0.3, 0.4) is 0 Å². The van der Waals surface area contributed by atoms with E-state index in [0.29, 0.717) is 66.5 Å². The first-order valence-corrected chi connectivity index (χ1v) is 12.7. The van der Waals surface area contributed by atoms with Crippen molar-refractivity contribution in [1.29, 1.82) is 0 Å². The molecule has 3 heterocycles. The maximum absolute atomic E-state index is 13.8. The van der Waals surface area contributed by atoms with Crippen molar-refractivity contribution in [2.24, 2.45) is 0 Å². The van der Waals surface area contributed by atoms with Crippen LogP contribution >= 0.6 is 0 Å². The number of phenolic OH excluding ortho intramolecular Hbond substituents is 1. The third-order valence-electron chi connectivity index (χ3n) is 7.59. The molecule has 2 aromatic carbocycles. The molecule has 1 saturated heterocycles. The van der Waals surface area contributed by atoms with E-state index in [2.05, 4.69) is 5.32 Å². The first kappa shape index (κ1) is 23.3. The second-order valence-electron chi connectivity index (χ2n) is 10.1. The Bertz CT molecular complexity index is 1420. The van der Waals surface area contributed by atoms with E-state index in [-0.39, 0.29) is 41.7 Å². The minimum Gasteiger partial charge on any atom is -0.504 e. The van der Waals surface area contributed by atoms with Gasteiger partial charge in [-0.05, 0) is 55.2 Å². The topological polar surface area (TPSA) is 109 Å². The number of benzene rings is 2. The largest absolute Gasteiger partial charge is 0.504 e. The molecule has 0 saturated carbocycles. The average molecular weight is 501 g/mol. The lowest BCUT2D eigenvalue weighted by Crippen LogP contribution is -2.40. The van der Waals surface area contributed by atoms with Crippen LogP contribution in [0.4, 0.5) is 0 Å². The quantitative estimate of drug-likeness (QED) is 0.516. The maximum Gasteiger partial charge on any atom is 0.258 e. The van der Waals surface area contributed by atoms with Crippen LogP contribution in [0, 0.1) is 6.92 Å². The van der Waals surface area contributed by atoms with Gasteiger partial charge in [0.25, 0.3) is 5.91 Å². The summed E-state index contributed by atoms with van der Waals surface area (Å²) in [5.41, 5.74) is 2.57. The SMILES string of the molecule is Cc1oc2c(c1C(=O)N1C[C@H]3NC(=O)CCc4ccc(O)c(c4)Oc4cccc(c4)[C@@H]3C1)C(=O)CCC2. The lowest BCUT2D eigenvalue weighted by molar-refractivity contribution is -0.121. The fourth-order valence-electron chi connectivity index (χ4n) is 5.75. The van der Waals surface area contributed by atoms with Gasteiger partial charge >= 0.3 is 0 Å². The number of furan rings is 1. The molecule has 1 aromatic heterocycles. The monoisotopic (exact) mass is 500 g/mol. The number of carbonyl (C=O) groups excluding carboxylic acids is 3. The molecule has 0 spiro atoms. The van der Waals surface area contributed by atoms with Crippen LogP contribution in [0.25, 0.3) is 0 Å². The van der Waals surface area contributed by atoms with Crippen LogP contribution in [0.5, 0.6) is 17.2 Å². The van der Waals surface area contributed by atoms with Gasteiger partial charge < -0.3 is 24.5 Å². The molecule has 2 aliphatic heterocycles. The van der Waals surface area contributed by atoms with Crippen LogP contribution < -0.4 is 10.1 Å². The van der Waals surface area contributed by atoms with Gasteiger partial charge in [0.1, 0.15) is 17.3 Å². The van der Waals surface area contributed by atoms with Gasteiger partial charge in [-0.1, -0.05) is 18.2 Å². The van der Waals surface area contributed by atoms with Gasteiger partial charge in [0, 0.05) is 38.3 Å². The molecule has 8 heteroatoms. The Morgan fingerprint density at radius 2 is 1.92 bits per heavy atom. The molecule has 0 radical (unpaired) electrons. The van der Waals surface area contributed by atoms with Crippen LogP contribution in [0.2, 0.25) is 0 Å². The highest BCUT2D eigenvalue weighted by Gasteiger charge is 2.40. The molecular weight excluding hydrogens is 472 g/mol. The normalized spacial score (nSPS) is 21.1. The Hall–Kier alpha value is -4.07. The van der Waals surface area contributed by atoms with Gasteiger partial charge in [-0.2, -0.15) is 0 Å². The molecule has 3 aromatic rings. The highest BCUT2D eigenvalue weighted by atomic mass is 16.5. The number of hydrogen-bond donors (Lipinski definition) is 2. The minimum absolute atomic E-state index is 0.0253. The Morgan fingerprint density at radius 3 is 2.78 bits per heavy atom. The van der Waals surface area contributed by atoms with Gasteiger partial charge in [0.05, 0.1) is 17.2 Å². The number of carbonyl (C=O) groups is 3. The molecule has 190 valence electrons. The molecule has 6 rings (SSSR count). The summed E-state index contributed by atoms with van der Waals surface area (Å²) >= 11 is 0. The molecule has 3 aliphatic rings. The molecule has 2 atom stereocenters. The second kappa shape index (κ2) is 9.10. The maximum atomic E-state index is 13.8. The first-order valence-electron chi connectivity index (χ1n) is 12.7. The fraction of sp³-hybridized carbons (Fsp3) is 0.345. The summed E-state index contributed by atoms with van der Waals surface area (Å²) < 4.78 is 11.8.